The van der Waals surface area contributed by atoms with Crippen molar-refractivity contribution in [2.75, 3.05) is 0 Å². The van der Waals surface area contributed by atoms with E-state index in [0.29, 0.717) is 0 Å². The molecule has 10 heavy (non-hydrogen) atoms. The molecule has 0 saturated carbocycles. The molecule has 1 rings (SSSR count). The van der Waals surface area contributed by atoms with E-state index in [0.717, 1.165) is 0 Å². The van der Waals surface area contributed by atoms with Gasteiger partial charge in [-0.05, 0) is 0 Å². The van der Waals surface area contributed by atoms with E-state index in [-0.39, 0.29) is 18.0 Å². The Labute approximate surface area is 55.9 Å². The summed E-state index contributed by atoms with van der Waals surface area (Å²) in [7, 11) is 0. The number of rotatable bonds is 1. The zero-order valence-corrected chi connectivity index (χ0v) is 4.92. The molecule has 0 fully saturated rings. The molecule has 3 N–H and O–H groups in total. The minimum Gasteiger partial charge on any atom is -0.288 e. The highest BCUT2D eigenvalue weighted by molar-refractivity contribution is 6.42. The summed E-state index contributed by atoms with van der Waals surface area (Å²) in [6.07, 6.45) is -0.0770. The molecule has 1 aliphatic heterocycles. The summed E-state index contributed by atoms with van der Waals surface area (Å²) in [4.78, 5) is 20.9. The number of nitrogens with zero attached hydrogens (tertiary/aromatic N) is 1. The van der Waals surface area contributed by atoms with E-state index < -0.39 is 5.91 Å². The lowest BCUT2D eigenvalue weighted by atomic mass is 10.3. The van der Waals surface area contributed by atoms with E-state index in [4.69, 9.17) is 5.21 Å². The van der Waals surface area contributed by atoms with Crippen LogP contribution < -0.4 is 10.9 Å². The molecule has 0 spiro atoms. The summed E-state index contributed by atoms with van der Waals surface area (Å²) in [6.45, 7) is 0. The third kappa shape index (κ3) is 1.11. The second kappa shape index (κ2) is 2.44. The van der Waals surface area contributed by atoms with Crippen LogP contribution in [0.15, 0.2) is 5.10 Å². The molecule has 0 unspecified atom stereocenters. The number of carbonyl (C=O) groups is 2. The molecule has 0 aromatic rings. The van der Waals surface area contributed by atoms with Crippen molar-refractivity contribution < 1.29 is 14.8 Å². The average molecular weight is 143 g/mol. The summed E-state index contributed by atoms with van der Waals surface area (Å²) >= 11 is 0. The fraction of sp³-hybridized carbons (Fsp3) is 0.250. The van der Waals surface area contributed by atoms with E-state index in [1.54, 1.807) is 0 Å². The first kappa shape index (κ1) is 6.69. The van der Waals surface area contributed by atoms with Crippen molar-refractivity contribution in [2.45, 2.75) is 6.42 Å². The van der Waals surface area contributed by atoms with Crippen LogP contribution in [0.5, 0.6) is 0 Å². The maximum atomic E-state index is 10.5. The van der Waals surface area contributed by atoms with Gasteiger partial charge in [0.15, 0.2) is 0 Å². The van der Waals surface area contributed by atoms with Crippen LogP contribution >= 0.6 is 0 Å². The quantitative estimate of drug-likeness (QED) is 0.304. The summed E-state index contributed by atoms with van der Waals surface area (Å²) in [6, 6.07) is 0. The van der Waals surface area contributed by atoms with Crippen molar-refractivity contribution in [3.8, 4) is 0 Å². The first-order chi connectivity index (χ1) is 4.74. The van der Waals surface area contributed by atoms with Crippen LogP contribution in [-0.4, -0.2) is 22.7 Å². The van der Waals surface area contributed by atoms with Gasteiger partial charge in [-0.3, -0.25) is 14.8 Å². The predicted molar refractivity (Wildman–Crippen MR) is 30.1 cm³/mol. The first-order valence-corrected chi connectivity index (χ1v) is 2.54. The number of nitrogens with one attached hydrogen (secondary N) is 2. The monoisotopic (exact) mass is 143 g/mol. The van der Waals surface area contributed by atoms with Gasteiger partial charge in [0, 0.05) is 0 Å². The van der Waals surface area contributed by atoms with E-state index in [9.17, 15) is 9.59 Å². The van der Waals surface area contributed by atoms with E-state index in [1.165, 1.54) is 5.48 Å². The van der Waals surface area contributed by atoms with Crippen molar-refractivity contribution >= 4 is 17.5 Å². The Kier molecular flexibility index (Phi) is 1.63. The van der Waals surface area contributed by atoms with Gasteiger partial charge in [-0.15, -0.1) is 0 Å². The summed E-state index contributed by atoms with van der Waals surface area (Å²) in [5, 5.41) is 11.4. The SMILES string of the molecule is O=C1CC(C(=O)NO)=NN1. The molecule has 0 aliphatic carbocycles. The van der Waals surface area contributed by atoms with Crippen LogP contribution in [0.4, 0.5) is 0 Å². The Balaban J connectivity index is 2.59. The number of hydroxylamine groups is 1. The Bertz CT molecular complexity index is 210. The Hall–Kier alpha value is -1.43. The molecule has 0 saturated heterocycles. The second-order valence-corrected chi connectivity index (χ2v) is 1.71. The molecule has 0 aromatic carbocycles. The Morgan fingerprint density at radius 1 is 1.80 bits per heavy atom. The molecule has 2 amide bonds. The summed E-state index contributed by atoms with van der Waals surface area (Å²) < 4.78 is 0. The highest BCUT2D eigenvalue weighted by atomic mass is 16.5. The second-order valence-electron chi connectivity index (χ2n) is 1.71. The van der Waals surface area contributed by atoms with Gasteiger partial charge < -0.3 is 0 Å². The van der Waals surface area contributed by atoms with E-state index in [1.807, 2.05) is 0 Å². The molecule has 1 aliphatic rings. The van der Waals surface area contributed by atoms with Crippen molar-refractivity contribution in [3.63, 3.8) is 0 Å². The molecule has 0 atom stereocenters. The largest absolute Gasteiger partial charge is 0.291 e. The Morgan fingerprint density at radius 3 is 2.90 bits per heavy atom. The first-order valence-electron chi connectivity index (χ1n) is 2.54. The van der Waals surface area contributed by atoms with Crippen LogP contribution in [-0.2, 0) is 9.59 Å². The van der Waals surface area contributed by atoms with Crippen LogP contribution in [0.25, 0.3) is 0 Å². The van der Waals surface area contributed by atoms with Crippen LogP contribution in [0.3, 0.4) is 0 Å². The number of hydrogen-bond acceptors (Lipinski definition) is 4. The molecule has 54 valence electrons. The smallest absolute Gasteiger partial charge is 0.288 e. The topological polar surface area (TPSA) is 90.8 Å². The van der Waals surface area contributed by atoms with Crippen LogP contribution in [0.1, 0.15) is 6.42 Å². The molecule has 6 heteroatoms. The highest BCUT2D eigenvalue weighted by Crippen LogP contribution is 1.93. The van der Waals surface area contributed by atoms with E-state index in [2.05, 4.69) is 10.5 Å². The maximum Gasteiger partial charge on any atom is 0.291 e. The average Bonchev–Trinajstić information content (AvgIpc) is 2.34. The van der Waals surface area contributed by atoms with Crippen LogP contribution in [0.2, 0.25) is 0 Å². The zero-order valence-electron chi connectivity index (χ0n) is 4.92. The number of amides is 2. The number of hydrogen-bond donors (Lipinski definition) is 3. The standard InChI is InChI=1S/C4H5N3O3/c8-3-1-2(5-6-3)4(9)7-10/h10H,1H2,(H,6,8)(H,7,9). The molecule has 6 nitrogen and oxygen atoms in total. The van der Waals surface area contributed by atoms with Gasteiger partial charge in [-0.25, -0.2) is 10.9 Å². The lowest BCUT2D eigenvalue weighted by Gasteiger charge is -1.91. The van der Waals surface area contributed by atoms with Crippen molar-refractivity contribution in [2.24, 2.45) is 5.10 Å². The third-order valence-electron chi connectivity index (χ3n) is 1.01. The van der Waals surface area contributed by atoms with Crippen molar-refractivity contribution in [1.29, 1.82) is 0 Å². The molecular formula is C4H5N3O3. The van der Waals surface area contributed by atoms with Gasteiger partial charge >= 0.3 is 0 Å². The fourth-order valence-corrected chi connectivity index (χ4v) is 0.557. The van der Waals surface area contributed by atoms with Crippen molar-refractivity contribution in [3.05, 3.63) is 0 Å². The minimum atomic E-state index is -0.752. The highest BCUT2D eigenvalue weighted by Gasteiger charge is 2.20. The van der Waals surface area contributed by atoms with Gasteiger partial charge in [0.2, 0.25) is 5.91 Å². The number of hydrazone groups is 1. The maximum absolute atomic E-state index is 10.5. The van der Waals surface area contributed by atoms with E-state index >= 15 is 0 Å². The minimum absolute atomic E-state index is 0.00694. The van der Waals surface area contributed by atoms with Gasteiger partial charge in [0.05, 0.1) is 6.42 Å². The van der Waals surface area contributed by atoms with Gasteiger partial charge in [-0.2, -0.15) is 5.10 Å². The Morgan fingerprint density at radius 2 is 2.50 bits per heavy atom. The molecular weight excluding hydrogens is 138 g/mol. The van der Waals surface area contributed by atoms with Gasteiger partial charge in [0.1, 0.15) is 5.71 Å². The zero-order chi connectivity index (χ0) is 7.56. The normalized spacial score (nSPS) is 16.1. The van der Waals surface area contributed by atoms with Crippen LogP contribution in [0, 0.1) is 0 Å². The predicted octanol–water partition coefficient (Wildman–Crippen LogP) is -1.63. The van der Waals surface area contributed by atoms with Crippen molar-refractivity contribution in [1.82, 2.24) is 10.9 Å². The number of carbonyl (C=O) groups excluding carboxylic acids is 2. The molecule has 1 heterocycles. The summed E-state index contributed by atoms with van der Waals surface area (Å²) in [5.41, 5.74) is 3.42. The molecule has 0 aromatic heterocycles. The molecule has 0 radical (unpaired) electrons. The van der Waals surface area contributed by atoms with Gasteiger partial charge in [-0.1, -0.05) is 0 Å². The lowest BCUT2D eigenvalue weighted by molar-refractivity contribution is -0.123. The summed E-state index contributed by atoms with van der Waals surface area (Å²) in [5.74, 6) is -1.10. The van der Waals surface area contributed by atoms with Gasteiger partial charge in [0.25, 0.3) is 5.91 Å². The molecule has 0 bridgehead atoms. The lowest BCUT2D eigenvalue weighted by Crippen LogP contribution is -2.27. The fourth-order valence-electron chi connectivity index (χ4n) is 0.557. The third-order valence-corrected chi connectivity index (χ3v) is 1.01.